The lowest BCUT2D eigenvalue weighted by Crippen LogP contribution is -2.33. The summed E-state index contributed by atoms with van der Waals surface area (Å²) in [6, 6.07) is 11.0. The van der Waals surface area contributed by atoms with Crippen LogP contribution in [0, 0.1) is 12.8 Å². The summed E-state index contributed by atoms with van der Waals surface area (Å²) in [5.41, 5.74) is 8.48. The van der Waals surface area contributed by atoms with Crippen LogP contribution < -0.4 is 5.73 Å². The van der Waals surface area contributed by atoms with E-state index in [1.54, 1.807) is 36.4 Å². The highest BCUT2D eigenvalue weighted by atomic mass is 32.2. The molecule has 0 aliphatic carbocycles. The molecule has 2 aromatic rings. The summed E-state index contributed by atoms with van der Waals surface area (Å²) in [5.74, 6) is -0.140. The standard InChI is InChI=1S/C20H25NO5S/c1-13(2)10-18(21)20(22)26-12-15-5-7-16(8-6-15)17-11-14(3)4-9-19(17)27(23,24)25/h4-9,11,13,18H,10,12,21H2,1-3H3,(H,23,24,25)/t18-/m0/s1. The van der Waals surface area contributed by atoms with Crippen LogP contribution in [0.2, 0.25) is 0 Å². The molecule has 0 aliphatic rings. The van der Waals surface area contributed by atoms with Gasteiger partial charge in [-0.1, -0.05) is 55.8 Å². The maximum absolute atomic E-state index is 11.9. The maximum atomic E-state index is 11.9. The zero-order chi connectivity index (χ0) is 20.2. The number of esters is 1. The molecule has 2 rings (SSSR count). The van der Waals surface area contributed by atoms with E-state index in [2.05, 4.69) is 0 Å². The summed E-state index contributed by atoms with van der Waals surface area (Å²) in [6.07, 6.45) is 0.559. The van der Waals surface area contributed by atoms with Crippen LogP contribution >= 0.6 is 0 Å². The molecule has 0 aromatic heterocycles. The Kier molecular flexibility index (Phi) is 6.75. The Morgan fingerprint density at radius 2 is 1.78 bits per heavy atom. The first kappa shape index (κ1) is 21.1. The fraction of sp³-hybridized carbons (Fsp3) is 0.350. The summed E-state index contributed by atoms with van der Waals surface area (Å²) >= 11 is 0. The Labute approximate surface area is 160 Å². The number of hydrogen-bond acceptors (Lipinski definition) is 5. The van der Waals surface area contributed by atoms with Gasteiger partial charge < -0.3 is 10.5 Å². The molecule has 146 valence electrons. The van der Waals surface area contributed by atoms with E-state index in [0.29, 0.717) is 23.5 Å². The van der Waals surface area contributed by atoms with E-state index in [1.807, 2.05) is 20.8 Å². The fourth-order valence-corrected chi connectivity index (χ4v) is 3.44. The smallest absolute Gasteiger partial charge is 0.323 e. The molecule has 0 amide bonds. The Bertz CT molecular complexity index is 904. The second-order valence-corrected chi connectivity index (χ2v) is 8.41. The second kappa shape index (κ2) is 8.65. The Morgan fingerprint density at radius 3 is 2.33 bits per heavy atom. The van der Waals surface area contributed by atoms with Gasteiger partial charge in [0.25, 0.3) is 10.1 Å². The molecule has 6 nitrogen and oxygen atoms in total. The van der Waals surface area contributed by atoms with Gasteiger partial charge in [-0.05, 0) is 36.5 Å². The average molecular weight is 391 g/mol. The third kappa shape index (κ3) is 5.89. The monoisotopic (exact) mass is 391 g/mol. The number of carbonyl (C=O) groups excluding carboxylic acids is 1. The molecule has 0 saturated carbocycles. The van der Waals surface area contributed by atoms with Crippen LogP contribution in [0.4, 0.5) is 0 Å². The normalized spacial score (nSPS) is 12.8. The van der Waals surface area contributed by atoms with E-state index >= 15 is 0 Å². The fourth-order valence-electron chi connectivity index (χ4n) is 2.74. The number of ether oxygens (including phenoxy) is 1. The summed E-state index contributed by atoms with van der Waals surface area (Å²) < 4.78 is 37.9. The van der Waals surface area contributed by atoms with E-state index in [0.717, 1.165) is 11.1 Å². The minimum absolute atomic E-state index is 0.0872. The maximum Gasteiger partial charge on any atom is 0.323 e. The van der Waals surface area contributed by atoms with Crippen LogP contribution in [0.25, 0.3) is 11.1 Å². The number of rotatable bonds is 7. The second-order valence-electron chi connectivity index (χ2n) is 7.02. The van der Waals surface area contributed by atoms with Gasteiger partial charge >= 0.3 is 5.97 Å². The lowest BCUT2D eigenvalue weighted by atomic mass is 10.0. The molecular formula is C20H25NO5S. The van der Waals surface area contributed by atoms with Gasteiger partial charge in [-0.2, -0.15) is 8.42 Å². The van der Waals surface area contributed by atoms with Crippen LogP contribution in [0.15, 0.2) is 47.4 Å². The molecule has 0 unspecified atom stereocenters. The van der Waals surface area contributed by atoms with E-state index in [1.165, 1.54) is 6.07 Å². The van der Waals surface area contributed by atoms with E-state index in [9.17, 15) is 17.8 Å². The van der Waals surface area contributed by atoms with E-state index in [-0.39, 0.29) is 11.5 Å². The van der Waals surface area contributed by atoms with E-state index in [4.69, 9.17) is 10.5 Å². The third-order valence-corrected chi connectivity index (χ3v) is 5.00. The van der Waals surface area contributed by atoms with Gasteiger partial charge in [0.2, 0.25) is 0 Å². The number of carbonyl (C=O) groups is 1. The van der Waals surface area contributed by atoms with Gasteiger partial charge in [-0.3, -0.25) is 9.35 Å². The quantitative estimate of drug-likeness (QED) is 0.554. The van der Waals surface area contributed by atoms with Crippen molar-refractivity contribution in [2.24, 2.45) is 11.7 Å². The van der Waals surface area contributed by atoms with Gasteiger partial charge in [0.05, 0.1) is 0 Å². The molecule has 1 atom stereocenters. The number of benzene rings is 2. The van der Waals surface area contributed by atoms with Gasteiger partial charge in [0.1, 0.15) is 17.5 Å². The van der Waals surface area contributed by atoms with Crippen molar-refractivity contribution in [2.75, 3.05) is 0 Å². The summed E-state index contributed by atoms with van der Waals surface area (Å²) in [4.78, 5) is 11.7. The van der Waals surface area contributed by atoms with Crippen LogP contribution in [0.1, 0.15) is 31.4 Å². The van der Waals surface area contributed by atoms with Crippen molar-refractivity contribution in [2.45, 2.75) is 44.7 Å². The van der Waals surface area contributed by atoms with Crippen LogP contribution in [0.3, 0.4) is 0 Å². The van der Waals surface area contributed by atoms with Crippen LogP contribution in [-0.2, 0) is 26.3 Å². The Hall–Kier alpha value is -2.22. The predicted molar refractivity (Wildman–Crippen MR) is 104 cm³/mol. The minimum atomic E-state index is -4.33. The van der Waals surface area contributed by atoms with Crippen LogP contribution in [-0.4, -0.2) is 25.0 Å². The van der Waals surface area contributed by atoms with Crippen molar-refractivity contribution in [3.05, 3.63) is 53.6 Å². The first-order chi connectivity index (χ1) is 12.6. The molecule has 0 aliphatic heterocycles. The highest BCUT2D eigenvalue weighted by Gasteiger charge is 2.18. The molecule has 0 bridgehead atoms. The van der Waals surface area contributed by atoms with Crippen molar-refractivity contribution in [1.82, 2.24) is 0 Å². The van der Waals surface area contributed by atoms with Gasteiger partial charge in [0.15, 0.2) is 0 Å². The molecule has 0 fully saturated rings. The van der Waals surface area contributed by atoms with Crippen molar-refractivity contribution in [1.29, 1.82) is 0 Å². The highest BCUT2D eigenvalue weighted by Crippen LogP contribution is 2.28. The van der Waals surface area contributed by atoms with Gasteiger partial charge in [-0.25, -0.2) is 0 Å². The number of hydrogen-bond donors (Lipinski definition) is 2. The van der Waals surface area contributed by atoms with Crippen molar-refractivity contribution < 1.29 is 22.5 Å². The largest absolute Gasteiger partial charge is 0.460 e. The van der Waals surface area contributed by atoms with Crippen molar-refractivity contribution in [3.63, 3.8) is 0 Å². The average Bonchev–Trinajstić information content (AvgIpc) is 2.58. The third-order valence-electron chi connectivity index (χ3n) is 4.09. The lowest BCUT2D eigenvalue weighted by Gasteiger charge is -2.14. The Balaban J connectivity index is 2.15. The molecule has 3 N–H and O–H groups in total. The van der Waals surface area contributed by atoms with Crippen molar-refractivity contribution in [3.8, 4) is 11.1 Å². The number of nitrogens with two attached hydrogens (primary N) is 1. The molecule has 0 heterocycles. The minimum Gasteiger partial charge on any atom is -0.460 e. The summed E-state index contributed by atoms with van der Waals surface area (Å²) in [6.45, 7) is 5.89. The molecule has 0 saturated heterocycles. The van der Waals surface area contributed by atoms with Crippen molar-refractivity contribution >= 4 is 16.1 Å². The summed E-state index contributed by atoms with van der Waals surface area (Å²) in [7, 11) is -4.33. The first-order valence-electron chi connectivity index (χ1n) is 8.67. The predicted octanol–water partition coefficient (Wildman–Crippen LogP) is 3.33. The molecule has 0 radical (unpaired) electrons. The topological polar surface area (TPSA) is 107 Å². The highest BCUT2D eigenvalue weighted by molar-refractivity contribution is 7.86. The Morgan fingerprint density at radius 1 is 1.15 bits per heavy atom. The molecule has 7 heteroatoms. The zero-order valence-corrected chi connectivity index (χ0v) is 16.5. The van der Waals surface area contributed by atoms with Crippen LogP contribution in [0.5, 0.6) is 0 Å². The molecule has 27 heavy (non-hydrogen) atoms. The first-order valence-corrected chi connectivity index (χ1v) is 10.1. The molecule has 2 aromatic carbocycles. The molecule has 0 spiro atoms. The SMILES string of the molecule is Cc1ccc(S(=O)(=O)O)c(-c2ccc(COC(=O)[C@@H](N)CC(C)C)cc2)c1. The zero-order valence-electron chi connectivity index (χ0n) is 15.7. The lowest BCUT2D eigenvalue weighted by molar-refractivity contribution is -0.146. The number of aryl methyl sites for hydroxylation is 1. The van der Waals surface area contributed by atoms with Gasteiger partial charge in [0, 0.05) is 5.56 Å². The molecular weight excluding hydrogens is 366 g/mol. The van der Waals surface area contributed by atoms with E-state index < -0.39 is 22.1 Å². The van der Waals surface area contributed by atoms with Gasteiger partial charge in [-0.15, -0.1) is 0 Å². The summed E-state index contributed by atoms with van der Waals surface area (Å²) in [5, 5.41) is 0.